The number of carboxylic acid groups (broad SMARTS) is 1. The first-order valence-electron chi connectivity index (χ1n) is 12.3. The summed E-state index contributed by atoms with van der Waals surface area (Å²) < 4.78 is 5.98. The summed E-state index contributed by atoms with van der Waals surface area (Å²) in [5.74, 6) is -0.241. The minimum absolute atomic E-state index is 0.0365. The van der Waals surface area contributed by atoms with Crippen molar-refractivity contribution in [3.05, 3.63) is 72.1 Å². The van der Waals surface area contributed by atoms with Gasteiger partial charge in [0, 0.05) is 29.0 Å². The number of carbonyl (C=O) groups excluding carboxylic acids is 1. The molecule has 0 spiro atoms. The van der Waals surface area contributed by atoms with E-state index in [0.717, 1.165) is 40.3 Å². The molecule has 1 saturated carbocycles. The minimum Gasteiger partial charge on any atom is -0.492 e. The third-order valence-electron chi connectivity index (χ3n) is 6.44. The summed E-state index contributed by atoms with van der Waals surface area (Å²) in [6.45, 7) is 6.00. The number of hydrogen-bond donors (Lipinski definition) is 3. The fraction of sp³-hybridized carbons (Fsp3) is 0.310. The van der Waals surface area contributed by atoms with E-state index in [1.165, 1.54) is 12.6 Å². The van der Waals surface area contributed by atoms with Crippen LogP contribution in [-0.4, -0.2) is 39.6 Å². The second-order valence-corrected chi connectivity index (χ2v) is 10.00. The number of hydrogen-bond acceptors (Lipinski definition) is 6. The number of pyridine rings is 2. The molecule has 8 nitrogen and oxygen atoms in total. The Morgan fingerprint density at radius 1 is 1.11 bits per heavy atom. The number of amides is 1. The molecule has 37 heavy (non-hydrogen) atoms. The molecule has 0 saturated heterocycles. The van der Waals surface area contributed by atoms with Crippen molar-refractivity contribution in [1.82, 2.24) is 15.3 Å². The van der Waals surface area contributed by atoms with Gasteiger partial charge in [-0.1, -0.05) is 24.3 Å². The molecule has 1 fully saturated rings. The van der Waals surface area contributed by atoms with Crippen LogP contribution in [0.4, 0.5) is 5.69 Å². The van der Waals surface area contributed by atoms with E-state index in [9.17, 15) is 9.59 Å². The zero-order chi connectivity index (χ0) is 26.6. The molecule has 2 aromatic carbocycles. The molecule has 0 bridgehead atoms. The lowest BCUT2D eigenvalue weighted by molar-refractivity contribution is -0.132. The molecule has 1 aliphatic carbocycles. The number of aryl methyl sites for hydroxylation is 1. The van der Waals surface area contributed by atoms with E-state index >= 15 is 0 Å². The molecule has 2 aromatic heterocycles. The first-order chi connectivity index (χ1) is 17.6. The highest BCUT2D eigenvalue weighted by molar-refractivity contribution is 5.95. The number of ether oxygens (including phenoxy) is 1. The largest absolute Gasteiger partial charge is 0.492 e. The number of rotatable bonds is 6. The molecule has 8 heteroatoms. The van der Waals surface area contributed by atoms with Crippen LogP contribution in [0.2, 0.25) is 0 Å². The van der Waals surface area contributed by atoms with Gasteiger partial charge < -0.3 is 20.9 Å². The van der Waals surface area contributed by atoms with Crippen molar-refractivity contribution in [3.8, 4) is 5.75 Å². The average Bonchev–Trinajstić information content (AvgIpc) is 2.84. The van der Waals surface area contributed by atoms with Gasteiger partial charge in [0.25, 0.3) is 0 Å². The Bertz CT molecular complexity index is 1450. The topological polar surface area (TPSA) is 127 Å². The van der Waals surface area contributed by atoms with Gasteiger partial charge in [0.2, 0.25) is 5.91 Å². The molecule has 1 aliphatic rings. The van der Waals surface area contributed by atoms with Gasteiger partial charge in [0.15, 0.2) is 0 Å². The van der Waals surface area contributed by atoms with Crippen molar-refractivity contribution in [2.45, 2.75) is 46.1 Å². The molecular weight excluding hydrogens is 468 g/mol. The summed E-state index contributed by atoms with van der Waals surface area (Å²) in [7, 11) is 0. The van der Waals surface area contributed by atoms with E-state index in [4.69, 9.17) is 15.6 Å². The van der Waals surface area contributed by atoms with Crippen molar-refractivity contribution >= 4 is 39.4 Å². The first-order valence-corrected chi connectivity index (χ1v) is 12.3. The van der Waals surface area contributed by atoms with Crippen molar-refractivity contribution in [1.29, 1.82) is 0 Å². The third kappa shape index (κ3) is 6.14. The molecule has 0 unspecified atom stereocenters. The number of aromatic nitrogens is 2. The second kappa shape index (κ2) is 10.8. The van der Waals surface area contributed by atoms with Gasteiger partial charge in [-0.25, -0.2) is 4.79 Å². The van der Waals surface area contributed by atoms with Crippen LogP contribution < -0.4 is 15.8 Å². The van der Waals surface area contributed by atoms with Crippen LogP contribution in [0.25, 0.3) is 21.8 Å². The van der Waals surface area contributed by atoms with Gasteiger partial charge in [-0.15, -0.1) is 0 Å². The van der Waals surface area contributed by atoms with E-state index in [-0.39, 0.29) is 18.1 Å². The highest BCUT2D eigenvalue weighted by Gasteiger charge is 2.32. The van der Waals surface area contributed by atoms with E-state index < -0.39 is 11.4 Å². The van der Waals surface area contributed by atoms with Crippen LogP contribution in [0.15, 0.2) is 60.8 Å². The summed E-state index contributed by atoms with van der Waals surface area (Å²) >= 11 is 0. The van der Waals surface area contributed by atoms with Crippen molar-refractivity contribution in [3.63, 3.8) is 0 Å². The first kappa shape index (κ1) is 25.9. The molecular formula is C29H32N4O4. The lowest BCUT2D eigenvalue weighted by Crippen LogP contribution is -2.47. The Kier molecular flexibility index (Phi) is 7.57. The quantitative estimate of drug-likeness (QED) is 0.335. The highest BCUT2D eigenvalue weighted by atomic mass is 16.5. The number of nitrogens with zero attached hydrogens (tertiary/aromatic N) is 2. The lowest BCUT2D eigenvalue weighted by Gasteiger charge is -2.31. The van der Waals surface area contributed by atoms with Crippen molar-refractivity contribution in [2.75, 3.05) is 12.3 Å². The van der Waals surface area contributed by atoms with Gasteiger partial charge in [0.05, 0.1) is 27.4 Å². The number of carboxylic acids is 1. The Morgan fingerprint density at radius 3 is 2.54 bits per heavy atom. The van der Waals surface area contributed by atoms with E-state index in [1.54, 1.807) is 6.07 Å². The summed E-state index contributed by atoms with van der Waals surface area (Å²) in [5, 5.41) is 13.5. The lowest BCUT2D eigenvalue weighted by atomic mass is 9.89. The smallest absolute Gasteiger partial charge is 0.337 e. The fourth-order valence-corrected chi connectivity index (χ4v) is 3.99. The maximum atomic E-state index is 12.4. The molecule has 0 atom stereocenters. The minimum atomic E-state index is -0.946. The SMILES string of the molecule is Cc1cc(N)c2c(OCC(C)(C)C(=O)NC3CCC3)cccc2n1.O=C(O)c1cnc2ccccc2c1. The molecule has 0 aliphatic heterocycles. The average molecular weight is 501 g/mol. The molecule has 0 radical (unpaired) electrons. The maximum Gasteiger partial charge on any atom is 0.337 e. The van der Waals surface area contributed by atoms with Crippen LogP contribution in [0.1, 0.15) is 49.2 Å². The normalized spacial score (nSPS) is 13.4. The summed E-state index contributed by atoms with van der Waals surface area (Å²) in [6, 6.07) is 16.9. The molecule has 4 aromatic rings. The number of nitrogens with one attached hydrogen (secondary N) is 1. The third-order valence-corrected chi connectivity index (χ3v) is 6.44. The van der Waals surface area contributed by atoms with Gasteiger partial charge >= 0.3 is 5.97 Å². The van der Waals surface area contributed by atoms with E-state index in [1.807, 2.05) is 69.3 Å². The predicted molar refractivity (Wildman–Crippen MR) is 145 cm³/mol. The zero-order valence-corrected chi connectivity index (χ0v) is 21.3. The number of benzene rings is 2. The number of carbonyl (C=O) groups is 2. The Morgan fingerprint density at radius 2 is 1.84 bits per heavy atom. The van der Waals surface area contributed by atoms with Gasteiger partial charge in [-0.05, 0) is 70.4 Å². The zero-order valence-electron chi connectivity index (χ0n) is 21.3. The maximum absolute atomic E-state index is 12.4. The van der Waals surface area contributed by atoms with Crippen LogP contribution >= 0.6 is 0 Å². The van der Waals surface area contributed by atoms with E-state index in [0.29, 0.717) is 17.5 Å². The monoisotopic (exact) mass is 500 g/mol. The predicted octanol–water partition coefficient (Wildman–Crippen LogP) is 5.13. The number of fused-ring (bicyclic) bond motifs is 2. The van der Waals surface area contributed by atoms with Gasteiger partial charge in [-0.3, -0.25) is 14.8 Å². The molecule has 4 N–H and O–H groups in total. The van der Waals surface area contributed by atoms with Crippen LogP contribution in [0.3, 0.4) is 0 Å². The highest BCUT2D eigenvalue weighted by Crippen LogP contribution is 2.31. The second-order valence-electron chi connectivity index (χ2n) is 10.00. The van der Waals surface area contributed by atoms with Gasteiger partial charge in [0.1, 0.15) is 12.4 Å². The molecule has 2 heterocycles. The summed E-state index contributed by atoms with van der Waals surface area (Å²) in [6.07, 6.45) is 4.72. The van der Waals surface area contributed by atoms with Crippen LogP contribution in [0.5, 0.6) is 5.75 Å². The fourth-order valence-electron chi connectivity index (χ4n) is 3.99. The summed E-state index contributed by atoms with van der Waals surface area (Å²) in [4.78, 5) is 31.6. The number of anilines is 1. The Labute approximate surface area is 215 Å². The molecule has 192 valence electrons. The number of nitrogen functional groups attached to an aromatic ring is 1. The van der Waals surface area contributed by atoms with Gasteiger partial charge in [-0.2, -0.15) is 0 Å². The number of para-hydroxylation sites is 1. The molecule has 5 rings (SSSR count). The Balaban J connectivity index is 0.000000207. The number of aromatic carboxylic acids is 1. The molecule has 1 amide bonds. The van der Waals surface area contributed by atoms with E-state index in [2.05, 4.69) is 15.3 Å². The standard InChI is InChI=1S/C19H25N3O2.C10H7NO2/c1-12-10-14(20)17-15(21-12)8-5-9-16(17)24-11-19(2,3)18(23)22-13-6-4-7-13;12-10(13)8-5-7-3-1-2-4-9(7)11-6-8/h5,8-10,13H,4,6-7,11H2,1-3H3,(H2,20,21)(H,22,23);1-6H,(H,12,13). The number of nitrogens with two attached hydrogens (primary N) is 1. The van der Waals surface area contributed by atoms with Crippen LogP contribution in [0, 0.1) is 12.3 Å². The van der Waals surface area contributed by atoms with Crippen LogP contribution in [-0.2, 0) is 4.79 Å². The van der Waals surface area contributed by atoms with Crippen molar-refractivity contribution < 1.29 is 19.4 Å². The summed E-state index contributed by atoms with van der Waals surface area (Å²) in [5.41, 5.74) is 8.90. The van der Waals surface area contributed by atoms with Crippen molar-refractivity contribution in [2.24, 2.45) is 5.41 Å². The Hall–Kier alpha value is -4.20.